The van der Waals surface area contributed by atoms with Gasteiger partial charge in [-0.25, -0.2) is 4.79 Å². The van der Waals surface area contributed by atoms with Crippen molar-refractivity contribution in [2.45, 2.75) is 32.4 Å². The van der Waals surface area contributed by atoms with Gasteiger partial charge in [0.25, 0.3) is 0 Å². The molecule has 1 saturated heterocycles. The molecule has 0 spiro atoms. The molecule has 5 heteroatoms. The smallest absolute Gasteiger partial charge is 0.336 e. The molecule has 3 aromatic rings. The van der Waals surface area contributed by atoms with Crippen LogP contribution in [0, 0.1) is 0 Å². The quantitative estimate of drug-likeness (QED) is 0.678. The summed E-state index contributed by atoms with van der Waals surface area (Å²) in [7, 11) is 0. The summed E-state index contributed by atoms with van der Waals surface area (Å²) >= 11 is 0. The molecular formula is C23H25NO4. The molecule has 5 nitrogen and oxygen atoms in total. The van der Waals surface area contributed by atoms with Crippen molar-refractivity contribution in [2.75, 3.05) is 19.7 Å². The molecule has 0 bridgehead atoms. The average molecular weight is 379 g/mol. The zero-order valence-electron chi connectivity index (χ0n) is 16.1. The molecule has 146 valence electrons. The summed E-state index contributed by atoms with van der Waals surface area (Å²) in [6, 6.07) is 15.3. The fourth-order valence-corrected chi connectivity index (χ4v) is 3.91. The molecule has 1 atom stereocenters. The lowest BCUT2D eigenvalue weighted by atomic mass is 10.0. The zero-order valence-corrected chi connectivity index (χ0v) is 16.1. The monoisotopic (exact) mass is 379 g/mol. The second-order valence-electron chi connectivity index (χ2n) is 7.29. The van der Waals surface area contributed by atoms with Crippen LogP contribution >= 0.6 is 0 Å². The minimum Gasteiger partial charge on any atom is -0.507 e. The van der Waals surface area contributed by atoms with Crippen LogP contribution in [0.1, 0.15) is 36.1 Å². The maximum absolute atomic E-state index is 12.1. The van der Waals surface area contributed by atoms with Crippen LogP contribution < -0.4 is 5.63 Å². The summed E-state index contributed by atoms with van der Waals surface area (Å²) in [6.45, 7) is 4.69. The fraction of sp³-hybridized carbons (Fsp3) is 0.348. The van der Waals surface area contributed by atoms with E-state index < -0.39 is 0 Å². The van der Waals surface area contributed by atoms with E-state index in [0.717, 1.165) is 42.4 Å². The Morgan fingerprint density at radius 3 is 2.79 bits per heavy atom. The number of phenols is 1. The Labute approximate surface area is 164 Å². The molecule has 1 fully saturated rings. The van der Waals surface area contributed by atoms with Gasteiger partial charge in [0.1, 0.15) is 11.3 Å². The molecule has 1 aliphatic rings. The molecule has 0 amide bonds. The second kappa shape index (κ2) is 8.17. The lowest BCUT2D eigenvalue weighted by molar-refractivity contribution is -0.0330. The summed E-state index contributed by atoms with van der Waals surface area (Å²) in [5.41, 5.74) is 2.91. The summed E-state index contributed by atoms with van der Waals surface area (Å²) < 4.78 is 11.5. The summed E-state index contributed by atoms with van der Waals surface area (Å²) in [5, 5.41) is 11.4. The van der Waals surface area contributed by atoms with E-state index in [-0.39, 0.29) is 17.5 Å². The Bertz CT molecular complexity index is 1010. The number of fused-ring (bicyclic) bond motifs is 1. The van der Waals surface area contributed by atoms with Crippen LogP contribution in [-0.2, 0) is 17.7 Å². The minimum atomic E-state index is -0.369. The topological polar surface area (TPSA) is 62.9 Å². The van der Waals surface area contributed by atoms with Crippen molar-refractivity contribution in [3.63, 3.8) is 0 Å². The molecule has 2 aromatic carbocycles. The van der Waals surface area contributed by atoms with Crippen LogP contribution in [0.5, 0.6) is 5.75 Å². The van der Waals surface area contributed by atoms with Crippen molar-refractivity contribution >= 4 is 11.0 Å². The lowest BCUT2D eigenvalue weighted by Gasteiger charge is -2.33. The molecule has 1 aromatic heterocycles. The fourth-order valence-electron chi connectivity index (χ4n) is 3.91. The van der Waals surface area contributed by atoms with Gasteiger partial charge in [0, 0.05) is 31.1 Å². The number of rotatable bonds is 5. The summed E-state index contributed by atoms with van der Waals surface area (Å²) in [6.07, 6.45) is 1.74. The van der Waals surface area contributed by atoms with Gasteiger partial charge in [0.15, 0.2) is 0 Å². The standard InChI is InChI=1S/C23H25NO4/c1-2-6-17-13-22(26)28-23-18(17)9-10-20(25)19(23)14-24-11-12-27-21(15-24)16-7-4-3-5-8-16/h3-5,7-10,13,21,25H,2,6,11-12,14-15H2,1H3. The predicted molar refractivity (Wildman–Crippen MR) is 109 cm³/mol. The number of aromatic hydroxyl groups is 1. The zero-order chi connectivity index (χ0) is 19.5. The molecule has 0 radical (unpaired) electrons. The first-order valence-corrected chi connectivity index (χ1v) is 9.82. The van der Waals surface area contributed by atoms with E-state index >= 15 is 0 Å². The summed E-state index contributed by atoms with van der Waals surface area (Å²) in [5.74, 6) is 0.159. The first kappa shape index (κ1) is 18.7. The van der Waals surface area contributed by atoms with E-state index in [0.29, 0.717) is 24.3 Å². The van der Waals surface area contributed by atoms with Crippen LogP contribution in [0.25, 0.3) is 11.0 Å². The third-order valence-electron chi connectivity index (χ3n) is 5.30. The van der Waals surface area contributed by atoms with Crippen molar-refractivity contribution in [2.24, 2.45) is 0 Å². The Morgan fingerprint density at radius 2 is 2.00 bits per heavy atom. The van der Waals surface area contributed by atoms with Gasteiger partial charge in [-0.2, -0.15) is 0 Å². The van der Waals surface area contributed by atoms with E-state index in [1.165, 1.54) is 0 Å². The number of ether oxygens (including phenoxy) is 1. The van der Waals surface area contributed by atoms with Gasteiger partial charge in [-0.1, -0.05) is 43.7 Å². The molecule has 4 rings (SSSR count). The van der Waals surface area contributed by atoms with Crippen molar-refractivity contribution in [1.29, 1.82) is 0 Å². The lowest BCUT2D eigenvalue weighted by Crippen LogP contribution is -2.37. The molecule has 0 aliphatic carbocycles. The highest BCUT2D eigenvalue weighted by atomic mass is 16.5. The van der Waals surface area contributed by atoms with Crippen molar-refractivity contribution in [1.82, 2.24) is 4.90 Å². The maximum atomic E-state index is 12.1. The van der Waals surface area contributed by atoms with Gasteiger partial charge in [-0.3, -0.25) is 4.90 Å². The number of phenolic OH excluding ortho intramolecular Hbond substituents is 1. The number of nitrogens with zero attached hydrogens (tertiary/aromatic N) is 1. The van der Waals surface area contributed by atoms with Crippen LogP contribution in [-0.4, -0.2) is 29.7 Å². The highest BCUT2D eigenvalue weighted by molar-refractivity contribution is 5.85. The molecule has 1 N–H and O–H groups in total. The number of morpholine rings is 1. The Morgan fingerprint density at radius 1 is 1.18 bits per heavy atom. The normalized spacial score (nSPS) is 17.8. The second-order valence-corrected chi connectivity index (χ2v) is 7.29. The molecule has 0 saturated carbocycles. The van der Waals surface area contributed by atoms with E-state index in [9.17, 15) is 9.90 Å². The predicted octanol–water partition coefficient (Wildman–Crippen LogP) is 4.02. The maximum Gasteiger partial charge on any atom is 0.336 e. The van der Waals surface area contributed by atoms with Gasteiger partial charge >= 0.3 is 5.63 Å². The van der Waals surface area contributed by atoms with Crippen molar-refractivity contribution < 1.29 is 14.3 Å². The molecular weight excluding hydrogens is 354 g/mol. The highest BCUT2D eigenvalue weighted by Crippen LogP contribution is 2.31. The number of hydrogen-bond donors (Lipinski definition) is 1. The van der Waals surface area contributed by atoms with Crippen LogP contribution in [0.2, 0.25) is 0 Å². The largest absolute Gasteiger partial charge is 0.507 e. The molecule has 1 aliphatic heterocycles. The molecule has 1 unspecified atom stereocenters. The van der Waals surface area contributed by atoms with E-state index in [1.807, 2.05) is 24.3 Å². The van der Waals surface area contributed by atoms with Crippen molar-refractivity contribution in [3.8, 4) is 5.75 Å². The van der Waals surface area contributed by atoms with E-state index in [1.54, 1.807) is 12.1 Å². The third kappa shape index (κ3) is 3.81. The first-order chi connectivity index (χ1) is 13.7. The highest BCUT2D eigenvalue weighted by Gasteiger charge is 2.24. The van der Waals surface area contributed by atoms with Gasteiger partial charge < -0.3 is 14.3 Å². The van der Waals surface area contributed by atoms with Gasteiger partial charge in [-0.05, 0) is 29.7 Å². The van der Waals surface area contributed by atoms with Crippen LogP contribution in [0.3, 0.4) is 0 Å². The minimum absolute atomic E-state index is 0.00488. The Balaban J connectivity index is 1.65. The van der Waals surface area contributed by atoms with Gasteiger partial charge in [0.05, 0.1) is 18.3 Å². The van der Waals surface area contributed by atoms with E-state index in [2.05, 4.69) is 24.0 Å². The average Bonchev–Trinajstić information content (AvgIpc) is 2.71. The van der Waals surface area contributed by atoms with Gasteiger partial charge in [-0.15, -0.1) is 0 Å². The van der Waals surface area contributed by atoms with Crippen LogP contribution in [0.15, 0.2) is 57.7 Å². The van der Waals surface area contributed by atoms with Crippen molar-refractivity contribution in [3.05, 3.63) is 75.6 Å². The number of benzene rings is 2. The summed E-state index contributed by atoms with van der Waals surface area (Å²) in [4.78, 5) is 14.3. The third-order valence-corrected chi connectivity index (χ3v) is 5.30. The molecule has 28 heavy (non-hydrogen) atoms. The Kier molecular flexibility index (Phi) is 5.46. The number of hydrogen-bond acceptors (Lipinski definition) is 5. The van der Waals surface area contributed by atoms with E-state index in [4.69, 9.17) is 9.15 Å². The SMILES string of the molecule is CCCc1cc(=O)oc2c(CN3CCOC(c4ccccc4)C3)c(O)ccc12. The van der Waals surface area contributed by atoms with Gasteiger partial charge in [0.2, 0.25) is 0 Å². The van der Waals surface area contributed by atoms with Crippen LogP contribution in [0.4, 0.5) is 0 Å². The molecule has 2 heterocycles. The Hall–Kier alpha value is -2.63. The number of aryl methyl sites for hydroxylation is 1. The first-order valence-electron chi connectivity index (χ1n) is 9.82.